The number of fused-ring (bicyclic) bond motifs is 1. The maximum Gasteiger partial charge on any atom is 0.168 e. The first kappa shape index (κ1) is 23.0. The van der Waals surface area contributed by atoms with Crippen LogP contribution in [0.15, 0.2) is 12.2 Å². The molecule has 3 aliphatic carbocycles. The van der Waals surface area contributed by atoms with Gasteiger partial charge in [-0.3, -0.25) is 4.79 Å². The van der Waals surface area contributed by atoms with Crippen LogP contribution < -0.4 is 0 Å². The number of rotatable bonds is 10. The van der Waals surface area contributed by atoms with Crippen LogP contribution >= 0.6 is 0 Å². The number of carbonyl (C=O) groups is 1. The third-order valence-electron chi connectivity index (χ3n) is 7.79. The van der Waals surface area contributed by atoms with E-state index in [1.165, 1.54) is 19.3 Å². The Hall–Kier alpha value is -0.710. The molecule has 6 atom stereocenters. The van der Waals surface area contributed by atoms with Crippen molar-refractivity contribution in [2.24, 2.45) is 23.7 Å². The van der Waals surface area contributed by atoms with E-state index in [4.69, 9.17) is 4.74 Å². The molecule has 0 aromatic heterocycles. The minimum atomic E-state index is -0.697. The Labute approximate surface area is 177 Å². The van der Waals surface area contributed by atoms with Crippen LogP contribution in [0.5, 0.6) is 0 Å². The average molecular weight is 407 g/mol. The lowest BCUT2D eigenvalue weighted by Crippen LogP contribution is -2.70. The largest absolute Gasteiger partial charge is 0.393 e. The highest BCUT2D eigenvalue weighted by Crippen LogP contribution is 2.56. The number of ether oxygens (including phenoxy) is 1. The van der Waals surface area contributed by atoms with Crippen LogP contribution in [0, 0.1) is 23.7 Å². The van der Waals surface area contributed by atoms with Crippen molar-refractivity contribution in [3.8, 4) is 0 Å². The quantitative estimate of drug-likeness (QED) is 0.403. The molecule has 0 spiro atoms. The molecule has 0 saturated heterocycles. The molecule has 166 valence electrons. The summed E-state index contributed by atoms with van der Waals surface area (Å²) in [5.74, 6) is 0.559. The molecule has 1 unspecified atom stereocenters. The summed E-state index contributed by atoms with van der Waals surface area (Å²) >= 11 is 0. The van der Waals surface area contributed by atoms with Gasteiger partial charge in [0, 0.05) is 24.4 Å². The Bertz CT molecular complexity index is 553. The summed E-state index contributed by atoms with van der Waals surface area (Å²) in [6, 6.07) is 0. The molecule has 3 saturated carbocycles. The van der Waals surface area contributed by atoms with Crippen molar-refractivity contribution in [3.05, 3.63) is 12.2 Å². The highest BCUT2D eigenvalue weighted by atomic mass is 16.5. The van der Waals surface area contributed by atoms with Crippen LogP contribution in [0.2, 0.25) is 0 Å². The van der Waals surface area contributed by atoms with Gasteiger partial charge in [-0.2, -0.15) is 0 Å². The highest BCUT2D eigenvalue weighted by Gasteiger charge is 2.66. The average Bonchev–Trinajstić information content (AvgIpc) is 2.75. The van der Waals surface area contributed by atoms with Crippen molar-refractivity contribution in [2.45, 2.75) is 109 Å². The van der Waals surface area contributed by atoms with Crippen molar-refractivity contribution in [1.29, 1.82) is 0 Å². The molecular formula is C25H42O4. The van der Waals surface area contributed by atoms with Crippen LogP contribution in [0.4, 0.5) is 0 Å². The normalized spacial score (nSPS) is 36.8. The molecule has 0 radical (unpaired) electrons. The van der Waals surface area contributed by atoms with E-state index in [1.54, 1.807) is 0 Å². The first-order valence-corrected chi connectivity index (χ1v) is 12.3. The summed E-state index contributed by atoms with van der Waals surface area (Å²) in [5.41, 5.74) is -0.697. The van der Waals surface area contributed by atoms with E-state index in [2.05, 4.69) is 13.8 Å². The summed E-state index contributed by atoms with van der Waals surface area (Å²) in [6.07, 6.45) is 15.2. The maximum absolute atomic E-state index is 13.2. The Morgan fingerprint density at radius 1 is 1.14 bits per heavy atom. The third-order valence-corrected chi connectivity index (χ3v) is 7.79. The minimum Gasteiger partial charge on any atom is -0.393 e. The summed E-state index contributed by atoms with van der Waals surface area (Å²) in [4.78, 5) is 13.2. The van der Waals surface area contributed by atoms with Crippen molar-refractivity contribution in [3.63, 3.8) is 0 Å². The monoisotopic (exact) mass is 406 g/mol. The Morgan fingerprint density at radius 3 is 2.55 bits per heavy atom. The van der Waals surface area contributed by atoms with Gasteiger partial charge in [-0.15, -0.1) is 0 Å². The van der Waals surface area contributed by atoms with Crippen molar-refractivity contribution in [2.75, 3.05) is 6.61 Å². The molecule has 0 heterocycles. The Kier molecular flexibility index (Phi) is 8.35. The number of unbranched alkanes of at least 4 members (excludes halogenated alkanes) is 2. The maximum atomic E-state index is 13.2. The van der Waals surface area contributed by atoms with Crippen LogP contribution in [0.3, 0.4) is 0 Å². The molecule has 4 heteroatoms. The molecular weight excluding hydrogens is 364 g/mol. The fourth-order valence-electron chi connectivity index (χ4n) is 6.03. The fourth-order valence-corrected chi connectivity index (χ4v) is 6.03. The number of ketones is 1. The van der Waals surface area contributed by atoms with Gasteiger partial charge in [0.15, 0.2) is 5.78 Å². The lowest BCUT2D eigenvalue weighted by Gasteiger charge is -2.59. The second-order valence-electron chi connectivity index (χ2n) is 9.69. The van der Waals surface area contributed by atoms with Gasteiger partial charge in [0.25, 0.3) is 0 Å². The molecule has 0 amide bonds. The molecule has 3 fully saturated rings. The molecule has 0 aliphatic heterocycles. The van der Waals surface area contributed by atoms with Gasteiger partial charge in [0.2, 0.25) is 0 Å². The topological polar surface area (TPSA) is 66.8 Å². The predicted molar refractivity (Wildman–Crippen MR) is 116 cm³/mol. The zero-order chi connectivity index (χ0) is 20.9. The standard InChI is InChI=1S/C25H42O4/c1-3-5-12-20-23-19(13-14-21(26)18-10-8-7-9-11-18)22(27)15-16-25(23,24(20)28)29-17-6-4-2/h13-14,18-23,26-27H,3-12,15-17H2,1-2H3/t19-,20?,21+,22+,23-,25+/m1/s1. The van der Waals surface area contributed by atoms with Gasteiger partial charge in [0.1, 0.15) is 5.60 Å². The smallest absolute Gasteiger partial charge is 0.168 e. The van der Waals surface area contributed by atoms with Gasteiger partial charge >= 0.3 is 0 Å². The lowest BCUT2D eigenvalue weighted by molar-refractivity contribution is -0.217. The third kappa shape index (κ3) is 4.80. The van der Waals surface area contributed by atoms with E-state index < -0.39 is 17.8 Å². The van der Waals surface area contributed by atoms with Crippen LogP contribution in [0.1, 0.15) is 90.9 Å². The van der Waals surface area contributed by atoms with Gasteiger partial charge in [-0.05, 0) is 44.4 Å². The Morgan fingerprint density at radius 2 is 1.86 bits per heavy atom. The van der Waals surface area contributed by atoms with Crippen molar-refractivity contribution in [1.82, 2.24) is 0 Å². The summed E-state index contributed by atoms with van der Waals surface area (Å²) < 4.78 is 6.28. The number of hydrogen-bond donors (Lipinski definition) is 2. The van der Waals surface area contributed by atoms with Gasteiger partial charge in [0.05, 0.1) is 12.2 Å². The molecule has 4 nitrogen and oxygen atoms in total. The zero-order valence-electron chi connectivity index (χ0n) is 18.5. The van der Waals surface area contributed by atoms with Gasteiger partial charge < -0.3 is 14.9 Å². The summed E-state index contributed by atoms with van der Waals surface area (Å²) in [6.45, 7) is 4.91. The number of carbonyl (C=O) groups excluding carboxylic acids is 1. The van der Waals surface area contributed by atoms with E-state index in [0.29, 0.717) is 25.4 Å². The van der Waals surface area contributed by atoms with E-state index >= 15 is 0 Å². The number of Topliss-reactive ketones (excluding diaryl/α,β-unsaturated/α-hetero) is 1. The first-order chi connectivity index (χ1) is 14.0. The molecule has 2 N–H and O–H groups in total. The van der Waals surface area contributed by atoms with Crippen molar-refractivity contribution < 1.29 is 19.7 Å². The number of aliphatic hydroxyl groups excluding tert-OH is 2. The molecule has 0 bridgehead atoms. The van der Waals surface area contributed by atoms with E-state index in [0.717, 1.165) is 44.9 Å². The van der Waals surface area contributed by atoms with E-state index in [9.17, 15) is 15.0 Å². The van der Waals surface area contributed by atoms with Crippen LogP contribution in [-0.4, -0.2) is 40.4 Å². The Balaban J connectivity index is 1.76. The van der Waals surface area contributed by atoms with E-state index in [-0.39, 0.29) is 23.5 Å². The van der Waals surface area contributed by atoms with E-state index in [1.807, 2.05) is 12.2 Å². The molecule has 3 rings (SSSR count). The number of hydrogen-bond acceptors (Lipinski definition) is 4. The van der Waals surface area contributed by atoms with Crippen LogP contribution in [-0.2, 0) is 9.53 Å². The highest BCUT2D eigenvalue weighted by molar-refractivity contribution is 5.97. The number of aliphatic hydroxyl groups is 2. The molecule has 0 aromatic carbocycles. The summed E-state index contributed by atoms with van der Waals surface area (Å²) in [7, 11) is 0. The zero-order valence-corrected chi connectivity index (χ0v) is 18.5. The van der Waals surface area contributed by atoms with Gasteiger partial charge in [-0.25, -0.2) is 0 Å². The first-order valence-electron chi connectivity index (χ1n) is 12.3. The predicted octanol–water partition coefficient (Wildman–Crippen LogP) is 4.82. The fraction of sp³-hybridized carbons (Fsp3) is 0.880. The minimum absolute atomic E-state index is 0.00648. The summed E-state index contributed by atoms with van der Waals surface area (Å²) in [5, 5.41) is 21.5. The lowest BCUT2D eigenvalue weighted by atomic mass is 9.49. The second kappa shape index (κ2) is 10.5. The molecule has 3 aliphatic rings. The molecule has 0 aromatic rings. The van der Waals surface area contributed by atoms with Crippen molar-refractivity contribution >= 4 is 5.78 Å². The second-order valence-corrected chi connectivity index (χ2v) is 9.69. The van der Waals surface area contributed by atoms with Gasteiger partial charge in [-0.1, -0.05) is 64.5 Å². The molecule has 29 heavy (non-hydrogen) atoms. The SMILES string of the molecule is CCCCO[C@@]12CC[C@H](O)[C@@H](C=C[C@H](O)C3CCCCC3)[C@@H]1C(CCCC)C2=O. The van der Waals surface area contributed by atoms with Crippen LogP contribution in [0.25, 0.3) is 0 Å².